The number of rotatable bonds is 3. The second kappa shape index (κ2) is 10.9. The van der Waals surface area contributed by atoms with Gasteiger partial charge in [-0.15, -0.1) is 0 Å². The molecule has 1 heterocycles. The molecule has 0 unspecified atom stereocenters. The van der Waals surface area contributed by atoms with E-state index in [0.29, 0.717) is 33.1 Å². The molecule has 0 fully saturated rings. The number of fused-ring (bicyclic) bond motifs is 9. The fourth-order valence-electron chi connectivity index (χ4n) is 7.56. The van der Waals surface area contributed by atoms with E-state index in [0.717, 1.165) is 27.1 Å². The van der Waals surface area contributed by atoms with Gasteiger partial charge in [0.1, 0.15) is 11.2 Å². The first kappa shape index (κ1) is 17.3. The summed E-state index contributed by atoms with van der Waals surface area (Å²) in [5.74, 6) is 0. The lowest BCUT2D eigenvalue weighted by molar-refractivity contribution is 0.669. The zero-order chi connectivity index (χ0) is 46.5. The Labute approximate surface area is 315 Å². The van der Waals surface area contributed by atoms with E-state index < -0.39 is 107 Å². The van der Waals surface area contributed by atoms with Gasteiger partial charge in [-0.1, -0.05) is 157 Å². The SMILES string of the molecule is [2H]c1c([2H])c([2H])c2c([2H])c(-c3c4c([2H])c([2H])c([2H])c([2H])c4c(-c4cccc5cccc(-c6ccc7oc8ccc9ccccc9c8c7c6)c45)c4c([2H])c([2H])c([2H])c([2H])c34)c([2H])c([2H])c2c1[2H]. The highest BCUT2D eigenvalue weighted by molar-refractivity contribution is 6.25. The first-order valence-corrected chi connectivity index (χ1v) is 16.4. The molecule has 10 aromatic carbocycles. The molecule has 1 heteroatoms. The smallest absolute Gasteiger partial charge is 0.136 e. The van der Waals surface area contributed by atoms with Gasteiger partial charge >= 0.3 is 0 Å². The Hall–Kier alpha value is -6.70. The van der Waals surface area contributed by atoms with E-state index in [1.165, 1.54) is 0 Å². The third-order valence-electron chi connectivity index (χ3n) is 9.72. The zero-order valence-electron chi connectivity index (χ0n) is 41.6. The lowest BCUT2D eigenvalue weighted by atomic mass is 9.83. The Morgan fingerprint density at radius 3 is 1.80 bits per heavy atom. The van der Waals surface area contributed by atoms with Crippen molar-refractivity contribution < 1.29 is 25.0 Å². The molecule has 0 radical (unpaired) electrons. The van der Waals surface area contributed by atoms with Gasteiger partial charge in [-0.05, 0) is 111 Å². The normalized spacial score (nSPS) is 16.0. The van der Waals surface area contributed by atoms with Crippen molar-refractivity contribution in [1.82, 2.24) is 0 Å². The maximum Gasteiger partial charge on any atom is 0.136 e. The van der Waals surface area contributed by atoms with Gasteiger partial charge in [0.25, 0.3) is 0 Å². The van der Waals surface area contributed by atoms with Crippen LogP contribution in [0.25, 0.3) is 109 Å². The minimum Gasteiger partial charge on any atom is -0.456 e. The Morgan fingerprint density at radius 1 is 0.373 bits per heavy atom. The molecule has 1 aromatic heterocycles. The molecule has 0 saturated carbocycles. The van der Waals surface area contributed by atoms with Gasteiger partial charge in [-0.2, -0.15) is 0 Å². The van der Waals surface area contributed by atoms with Gasteiger partial charge < -0.3 is 4.42 Å². The minimum absolute atomic E-state index is 0.0356. The molecule has 11 aromatic rings. The molecule has 0 spiro atoms. The standard InChI is InChI=1S/C50H30O/c1-2-13-34-29-36(24-23-31(34)11-1)48-39-17-5-7-19-41(39)49(42-20-8-6-18-40(42)48)43-22-10-15-33-14-9-21-38(47(33)43)35-26-27-45-44(30-35)50-37-16-4-3-12-32(37)25-28-46(50)51-45/h1-30H/i1D,2D,5D,6D,7D,8D,11D,13D,17D,18D,19D,20D,23D,24D,29D. The zero-order valence-corrected chi connectivity index (χ0v) is 26.6. The monoisotopic (exact) mass is 661 g/mol. The van der Waals surface area contributed by atoms with E-state index in [9.17, 15) is 8.22 Å². The van der Waals surface area contributed by atoms with Crippen LogP contribution in [0.4, 0.5) is 0 Å². The Morgan fingerprint density at radius 2 is 1.02 bits per heavy atom. The lowest BCUT2D eigenvalue weighted by Gasteiger charge is -2.20. The van der Waals surface area contributed by atoms with Crippen LogP contribution in [0.2, 0.25) is 0 Å². The van der Waals surface area contributed by atoms with Crippen molar-refractivity contribution in [2.24, 2.45) is 0 Å². The molecule has 0 bridgehead atoms. The average molecular weight is 662 g/mol. The average Bonchev–Trinajstić information content (AvgIpc) is 3.71. The van der Waals surface area contributed by atoms with Gasteiger partial charge in [0.2, 0.25) is 0 Å². The molecular weight excluding hydrogens is 617 g/mol. The van der Waals surface area contributed by atoms with Crippen LogP contribution >= 0.6 is 0 Å². The summed E-state index contributed by atoms with van der Waals surface area (Å²) in [5.41, 5.74) is 2.33. The van der Waals surface area contributed by atoms with E-state index in [4.69, 9.17) is 16.8 Å². The van der Waals surface area contributed by atoms with Crippen LogP contribution < -0.4 is 0 Å². The first-order valence-electron chi connectivity index (χ1n) is 23.9. The lowest BCUT2D eigenvalue weighted by Crippen LogP contribution is -1.93. The molecule has 11 rings (SSSR count). The van der Waals surface area contributed by atoms with E-state index >= 15 is 0 Å². The van der Waals surface area contributed by atoms with Crippen molar-refractivity contribution in [1.29, 1.82) is 0 Å². The van der Waals surface area contributed by atoms with Crippen LogP contribution in [-0.4, -0.2) is 0 Å². The summed E-state index contributed by atoms with van der Waals surface area (Å²) in [6.45, 7) is 0. The molecule has 1 nitrogen and oxygen atoms in total. The largest absolute Gasteiger partial charge is 0.456 e. The summed E-state index contributed by atoms with van der Waals surface area (Å²) in [4.78, 5) is 0. The molecule has 0 saturated heterocycles. The fourth-order valence-corrected chi connectivity index (χ4v) is 7.56. The van der Waals surface area contributed by atoms with Crippen LogP contribution in [0.1, 0.15) is 20.6 Å². The fraction of sp³-hybridized carbons (Fsp3) is 0. The predicted octanol–water partition coefficient (Wildman–Crippen LogP) is 14.4. The quantitative estimate of drug-likeness (QED) is 0.172. The van der Waals surface area contributed by atoms with Gasteiger partial charge in [-0.3, -0.25) is 0 Å². The molecule has 0 aliphatic heterocycles. The molecule has 0 atom stereocenters. The Kier molecular flexibility index (Phi) is 3.70. The number of furan rings is 1. The van der Waals surface area contributed by atoms with Crippen LogP contribution in [-0.2, 0) is 0 Å². The van der Waals surface area contributed by atoms with E-state index in [-0.39, 0.29) is 32.7 Å². The van der Waals surface area contributed by atoms with Gasteiger partial charge in [0, 0.05) is 10.8 Å². The van der Waals surface area contributed by atoms with Crippen LogP contribution in [0.15, 0.2) is 186 Å². The summed E-state index contributed by atoms with van der Waals surface area (Å²) in [6.07, 6.45) is 0. The predicted molar refractivity (Wildman–Crippen MR) is 218 cm³/mol. The van der Waals surface area contributed by atoms with Gasteiger partial charge in [0.05, 0.1) is 20.6 Å². The van der Waals surface area contributed by atoms with Crippen LogP contribution in [0.3, 0.4) is 0 Å². The summed E-state index contributed by atoms with van der Waals surface area (Å²) in [7, 11) is 0. The summed E-state index contributed by atoms with van der Waals surface area (Å²) in [6, 6.07) is 18.7. The highest BCUT2D eigenvalue weighted by Crippen LogP contribution is 2.47. The van der Waals surface area contributed by atoms with Crippen molar-refractivity contribution >= 4 is 75.8 Å². The van der Waals surface area contributed by atoms with Gasteiger partial charge in [0.15, 0.2) is 0 Å². The number of benzene rings is 10. The second-order valence-electron chi connectivity index (χ2n) is 12.4. The minimum atomic E-state index is -0.741. The highest BCUT2D eigenvalue weighted by Gasteiger charge is 2.20. The molecule has 0 N–H and O–H groups in total. The van der Waals surface area contributed by atoms with Crippen LogP contribution in [0, 0.1) is 0 Å². The second-order valence-corrected chi connectivity index (χ2v) is 12.4. The van der Waals surface area contributed by atoms with Gasteiger partial charge in [-0.25, -0.2) is 0 Å². The third-order valence-corrected chi connectivity index (χ3v) is 9.72. The maximum absolute atomic E-state index is 9.58. The number of hydrogen-bond acceptors (Lipinski definition) is 1. The number of hydrogen-bond donors (Lipinski definition) is 0. The van der Waals surface area contributed by atoms with Crippen molar-refractivity contribution in [3.8, 4) is 33.4 Å². The summed E-state index contributed by atoms with van der Waals surface area (Å²) < 4.78 is 143. The van der Waals surface area contributed by atoms with E-state index in [1.54, 1.807) is 12.1 Å². The van der Waals surface area contributed by atoms with Crippen molar-refractivity contribution in [2.45, 2.75) is 0 Å². The molecular formula is C50H30O. The topological polar surface area (TPSA) is 13.1 Å². The molecule has 0 aliphatic rings. The Bertz CT molecular complexity index is 3980. The molecule has 0 amide bonds. The summed E-state index contributed by atoms with van der Waals surface area (Å²) in [5, 5.41) is 3.28. The van der Waals surface area contributed by atoms with E-state index in [2.05, 4.69) is 0 Å². The van der Waals surface area contributed by atoms with E-state index in [1.807, 2.05) is 78.9 Å². The molecule has 236 valence electrons. The maximum atomic E-state index is 9.58. The van der Waals surface area contributed by atoms with Crippen molar-refractivity contribution in [2.75, 3.05) is 0 Å². The third kappa shape index (κ3) is 4.22. The first-order chi connectivity index (χ1) is 31.5. The van der Waals surface area contributed by atoms with Crippen molar-refractivity contribution in [3.63, 3.8) is 0 Å². The highest BCUT2D eigenvalue weighted by atomic mass is 16.3. The summed E-state index contributed by atoms with van der Waals surface area (Å²) >= 11 is 0. The molecule has 51 heavy (non-hydrogen) atoms. The van der Waals surface area contributed by atoms with Crippen LogP contribution in [0.5, 0.6) is 0 Å². The molecule has 0 aliphatic carbocycles. The van der Waals surface area contributed by atoms with Crippen molar-refractivity contribution in [3.05, 3.63) is 182 Å². The Balaban J connectivity index is 1.35.